The summed E-state index contributed by atoms with van der Waals surface area (Å²) in [6.45, 7) is 0.0991. The molecule has 0 fully saturated rings. The van der Waals surface area contributed by atoms with Crippen LogP contribution in [0.4, 0.5) is 5.69 Å². The number of nitrogens with one attached hydrogen (secondary N) is 1. The van der Waals surface area contributed by atoms with Crippen LogP contribution in [-0.4, -0.2) is 22.0 Å². The van der Waals surface area contributed by atoms with E-state index in [1.165, 1.54) is 24.3 Å². The number of ether oxygens (including phenoxy) is 1. The molecule has 136 valence electrons. The molecule has 6 nitrogen and oxygen atoms in total. The normalized spacial score (nSPS) is 10.3. The van der Waals surface area contributed by atoms with Crippen molar-refractivity contribution in [3.63, 3.8) is 0 Å². The molecule has 0 spiro atoms. The number of benzene rings is 2. The summed E-state index contributed by atoms with van der Waals surface area (Å²) in [6, 6.07) is 14.1. The fourth-order valence-electron chi connectivity index (χ4n) is 2.33. The first-order chi connectivity index (χ1) is 13.0. The minimum atomic E-state index is -0.524. The van der Waals surface area contributed by atoms with Crippen molar-refractivity contribution in [2.45, 2.75) is 6.61 Å². The average Bonchev–Trinajstić information content (AvgIpc) is 2.67. The molecule has 0 bridgehead atoms. The van der Waals surface area contributed by atoms with Crippen molar-refractivity contribution in [2.24, 2.45) is 0 Å². The van der Waals surface area contributed by atoms with Gasteiger partial charge in [-0.05, 0) is 42.5 Å². The smallest absolute Gasteiger partial charge is 0.338 e. The van der Waals surface area contributed by atoms with Crippen LogP contribution < -0.4 is 5.32 Å². The van der Waals surface area contributed by atoms with E-state index in [1.807, 2.05) is 0 Å². The molecule has 0 unspecified atom stereocenters. The van der Waals surface area contributed by atoms with Crippen molar-refractivity contribution in [1.29, 1.82) is 0 Å². The number of carbonyl (C=O) groups excluding carboxylic acids is 2. The number of halogens is 1. The first-order valence-electron chi connectivity index (χ1n) is 7.99. The third kappa shape index (κ3) is 4.83. The van der Waals surface area contributed by atoms with Crippen molar-refractivity contribution >= 4 is 29.2 Å². The summed E-state index contributed by atoms with van der Waals surface area (Å²) in [5.41, 5.74) is 1.53. The second kappa shape index (κ2) is 8.33. The molecule has 2 aromatic carbocycles. The van der Waals surface area contributed by atoms with Crippen LogP contribution >= 0.6 is 11.6 Å². The number of anilines is 1. The van der Waals surface area contributed by atoms with Gasteiger partial charge in [0.1, 0.15) is 12.4 Å². The van der Waals surface area contributed by atoms with E-state index in [9.17, 15) is 14.7 Å². The zero-order valence-corrected chi connectivity index (χ0v) is 14.8. The highest BCUT2D eigenvalue weighted by Crippen LogP contribution is 2.23. The van der Waals surface area contributed by atoms with Gasteiger partial charge in [0.05, 0.1) is 11.1 Å². The second-order valence-electron chi connectivity index (χ2n) is 5.63. The molecule has 0 radical (unpaired) electrons. The van der Waals surface area contributed by atoms with Crippen LogP contribution in [0.5, 0.6) is 5.75 Å². The van der Waals surface area contributed by atoms with Gasteiger partial charge in [-0.3, -0.25) is 9.78 Å². The van der Waals surface area contributed by atoms with Crippen molar-refractivity contribution in [3.8, 4) is 5.75 Å². The summed E-state index contributed by atoms with van der Waals surface area (Å²) < 4.78 is 5.24. The molecule has 1 aromatic heterocycles. The number of rotatable bonds is 5. The zero-order chi connectivity index (χ0) is 19.2. The van der Waals surface area contributed by atoms with Crippen LogP contribution in [0, 0.1) is 0 Å². The topological polar surface area (TPSA) is 88.5 Å². The maximum absolute atomic E-state index is 12.3. The van der Waals surface area contributed by atoms with E-state index in [2.05, 4.69) is 10.3 Å². The monoisotopic (exact) mass is 382 g/mol. The number of aromatic hydroxyl groups is 1. The van der Waals surface area contributed by atoms with E-state index in [-0.39, 0.29) is 23.5 Å². The van der Waals surface area contributed by atoms with Crippen LogP contribution in [0.15, 0.2) is 67.0 Å². The molecule has 0 aliphatic carbocycles. The van der Waals surface area contributed by atoms with Crippen LogP contribution in [-0.2, 0) is 11.3 Å². The SMILES string of the molecule is O=C(OCc1cccnc1)c1cccc(NC(=O)c2ccc(Cl)cc2O)c1. The van der Waals surface area contributed by atoms with Gasteiger partial charge in [0.2, 0.25) is 0 Å². The number of esters is 1. The van der Waals surface area contributed by atoms with Gasteiger partial charge in [0, 0.05) is 28.7 Å². The highest BCUT2D eigenvalue weighted by molar-refractivity contribution is 6.31. The second-order valence-corrected chi connectivity index (χ2v) is 6.07. The van der Waals surface area contributed by atoms with E-state index < -0.39 is 11.9 Å². The number of nitrogens with zero attached hydrogens (tertiary/aromatic N) is 1. The first kappa shape index (κ1) is 18.4. The molecule has 0 aliphatic heterocycles. The van der Waals surface area contributed by atoms with Gasteiger partial charge in [-0.2, -0.15) is 0 Å². The Kier molecular flexibility index (Phi) is 5.68. The predicted octanol–water partition coefficient (Wildman–Crippen LogP) is 4.05. The highest BCUT2D eigenvalue weighted by Gasteiger charge is 2.13. The van der Waals surface area contributed by atoms with Gasteiger partial charge < -0.3 is 15.2 Å². The average molecular weight is 383 g/mol. The zero-order valence-electron chi connectivity index (χ0n) is 14.1. The standard InChI is InChI=1S/C20H15ClN2O4/c21-15-6-7-17(18(24)10-15)19(25)23-16-5-1-4-14(9-16)20(26)27-12-13-3-2-8-22-11-13/h1-11,24H,12H2,(H,23,25). The predicted molar refractivity (Wildman–Crippen MR) is 101 cm³/mol. The summed E-state index contributed by atoms with van der Waals surface area (Å²) in [7, 11) is 0. The van der Waals surface area contributed by atoms with Gasteiger partial charge >= 0.3 is 5.97 Å². The van der Waals surface area contributed by atoms with Crippen LogP contribution in [0.2, 0.25) is 5.02 Å². The van der Waals surface area contributed by atoms with E-state index in [1.54, 1.807) is 42.7 Å². The Hall–Kier alpha value is -3.38. The van der Waals surface area contributed by atoms with Gasteiger partial charge in [-0.15, -0.1) is 0 Å². The fourth-order valence-corrected chi connectivity index (χ4v) is 2.50. The van der Waals surface area contributed by atoms with E-state index in [0.29, 0.717) is 10.7 Å². The molecule has 1 amide bonds. The number of amides is 1. The van der Waals surface area contributed by atoms with E-state index >= 15 is 0 Å². The molecule has 0 saturated heterocycles. The minimum absolute atomic E-state index is 0.0731. The van der Waals surface area contributed by atoms with Gasteiger partial charge in [-0.1, -0.05) is 23.7 Å². The lowest BCUT2D eigenvalue weighted by atomic mass is 10.1. The summed E-state index contributed by atoms with van der Waals surface area (Å²) in [6.07, 6.45) is 3.25. The number of hydrogen-bond donors (Lipinski definition) is 2. The third-order valence-electron chi connectivity index (χ3n) is 3.65. The third-order valence-corrected chi connectivity index (χ3v) is 3.89. The van der Waals surface area contributed by atoms with Gasteiger partial charge in [-0.25, -0.2) is 4.79 Å². The number of carbonyl (C=O) groups is 2. The van der Waals surface area contributed by atoms with E-state index in [0.717, 1.165) is 5.56 Å². The van der Waals surface area contributed by atoms with Gasteiger partial charge in [0.15, 0.2) is 0 Å². The Labute approximate surface area is 160 Å². The minimum Gasteiger partial charge on any atom is -0.507 e. The summed E-state index contributed by atoms with van der Waals surface area (Å²) in [5, 5.41) is 12.8. The number of pyridine rings is 1. The first-order valence-corrected chi connectivity index (χ1v) is 8.36. The Morgan fingerprint density at radius 2 is 1.96 bits per heavy atom. The molecule has 2 N–H and O–H groups in total. The highest BCUT2D eigenvalue weighted by atomic mass is 35.5. The molecule has 7 heteroatoms. The molecular formula is C20H15ClN2O4. The Morgan fingerprint density at radius 3 is 2.70 bits per heavy atom. The lowest BCUT2D eigenvalue weighted by Crippen LogP contribution is -2.13. The molecule has 3 aromatic rings. The molecular weight excluding hydrogens is 368 g/mol. The van der Waals surface area contributed by atoms with Crippen molar-refractivity contribution in [3.05, 3.63) is 88.7 Å². The maximum Gasteiger partial charge on any atom is 0.338 e. The Morgan fingerprint density at radius 1 is 1.11 bits per heavy atom. The largest absolute Gasteiger partial charge is 0.507 e. The molecule has 0 aliphatic rings. The maximum atomic E-state index is 12.3. The number of phenols is 1. The van der Waals surface area contributed by atoms with Crippen molar-refractivity contribution < 1.29 is 19.4 Å². The van der Waals surface area contributed by atoms with Gasteiger partial charge in [0.25, 0.3) is 5.91 Å². The molecule has 27 heavy (non-hydrogen) atoms. The summed E-state index contributed by atoms with van der Waals surface area (Å²) in [4.78, 5) is 28.5. The quantitative estimate of drug-likeness (QED) is 0.650. The summed E-state index contributed by atoms with van der Waals surface area (Å²) in [5.74, 6) is -1.28. The Balaban J connectivity index is 1.67. The molecule has 0 saturated carbocycles. The van der Waals surface area contributed by atoms with Crippen LogP contribution in [0.25, 0.3) is 0 Å². The molecule has 0 atom stereocenters. The van der Waals surface area contributed by atoms with Crippen LogP contribution in [0.3, 0.4) is 0 Å². The lowest BCUT2D eigenvalue weighted by molar-refractivity contribution is 0.0472. The summed E-state index contributed by atoms with van der Waals surface area (Å²) >= 11 is 5.76. The van der Waals surface area contributed by atoms with Crippen molar-refractivity contribution in [2.75, 3.05) is 5.32 Å². The van der Waals surface area contributed by atoms with Crippen molar-refractivity contribution in [1.82, 2.24) is 4.98 Å². The lowest BCUT2D eigenvalue weighted by Gasteiger charge is -2.09. The molecule has 3 rings (SSSR count). The van der Waals surface area contributed by atoms with E-state index in [4.69, 9.17) is 16.3 Å². The van der Waals surface area contributed by atoms with Crippen LogP contribution in [0.1, 0.15) is 26.3 Å². The number of hydrogen-bond acceptors (Lipinski definition) is 5. The number of phenolic OH excluding ortho intramolecular Hbond substituents is 1. The molecule has 1 heterocycles. The Bertz CT molecular complexity index is 977. The number of aromatic nitrogens is 1. The fraction of sp³-hybridized carbons (Fsp3) is 0.0500.